The lowest BCUT2D eigenvalue weighted by molar-refractivity contribution is -0.161. The van der Waals surface area contributed by atoms with Crippen LogP contribution < -0.4 is 0 Å². The van der Waals surface area contributed by atoms with Crippen LogP contribution in [0.1, 0.15) is 26.5 Å². The molecule has 2 fully saturated rings. The molecule has 2 saturated heterocycles. The SMILES string of the molecule is CCc1nnn(CC)c1SCC1(C(=O)O)CS[C@@H]2C(N(C(C)=O)[S+]([O-])c3cccs3)C(=O)N2C1. The highest BCUT2D eigenvalue weighted by atomic mass is 32.2. The molecule has 2 amide bonds. The summed E-state index contributed by atoms with van der Waals surface area (Å²) in [6, 6.07) is 2.53. The van der Waals surface area contributed by atoms with E-state index in [-0.39, 0.29) is 24.0 Å². The van der Waals surface area contributed by atoms with Crippen LogP contribution in [0.5, 0.6) is 0 Å². The molecule has 0 aliphatic carbocycles. The van der Waals surface area contributed by atoms with Gasteiger partial charge < -0.3 is 14.6 Å². The van der Waals surface area contributed by atoms with E-state index in [0.29, 0.717) is 17.2 Å². The maximum absolute atomic E-state index is 13.1. The van der Waals surface area contributed by atoms with E-state index in [0.717, 1.165) is 15.0 Å². The third-order valence-corrected chi connectivity index (χ3v) is 11.5. The summed E-state index contributed by atoms with van der Waals surface area (Å²) < 4.78 is 16.4. The predicted molar refractivity (Wildman–Crippen MR) is 131 cm³/mol. The van der Waals surface area contributed by atoms with Crippen molar-refractivity contribution >= 4 is 64.0 Å². The molecule has 0 bridgehead atoms. The second-order valence-corrected chi connectivity index (χ2v) is 12.6. The van der Waals surface area contributed by atoms with Gasteiger partial charge in [0.15, 0.2) is 6.04 Å². The predicted octanol–water partition coefficient (Wildman–Crippen LogP) is 1.94. The van der Waals surface area contributed by atoms with Crippen LogP contribution in [-0.4, -0.2) is 81.1 Å². The van der Waals surface area contributed by atoms with E-state index in [9.17, 15) is 24.0 Å². The van der Waals surface area contributed by atoms with Gasteiger partial charge in [-0.25, -0.2) is 4.68 Å². The number of thioether (sulfide) groups is 2. The largest absolute Gasteiger partial charge is 0.587 e. The smallest absolute Gasteiger partial charge is 0.313 e. The zero-order valence-electron chi connectivity index (χ0n) is 18.9. The molecule has 2 aliphatic rings. The fourth-order valence-corrected chi connectivity index (χ4v) is 9.38. The molecule has 4 heterocycles. The van der Waals surface area contributed by atoms with Gasteiger partial charge in [-0.15, -0.1) is 32.9 Å². The van der Waals surface area contributed by atoms with Crippen LogP contribution >= 0.6 is 34.9 Å². The van der Waals surface area contributed by atoms with Crippen molar-refractivity contribution in [1.82, 2.24) is 24.2 Å². The highest BCUT2D eigenvalue weighted by Crippen LogP contribution is 2.47. The molecule has 34 heavy (non-hydrogen) atoms. The summed E-state index contributed by atoms with van der Waals surface area (Å²) in [5.74, 6) is -1.27. The number of aryl methyl sites for hydroxylation is 2. The number of amides is 2. The Bertz CT molecular complexity index is 1060. The Morgan fingerprint density at radius 2 is 2.21 bits per heavy atom. The van der Waals surface area contributed by atoms with Crippen LogP contribution in [0.15, 0.2) is 26.7 Å². The number of hydrogen-bond donors (Lipinski definition) is 1. The number of aromatic nitrogens is 3. The van der Waals surface area contributed by atoms with Crippen LogP contribution in [0, 0.1) is 5.41 Å². The molecule has 0 aromatic carbocycles. The molecule has 4 atom stereocenters. The Hall–Kier alpha value is -1.74. The quantitative estimate of drug-likeness (QED) is 0.286. The van der Waals surface area contributed by atoms with Crippen molar-refractivity contribution in [2.24, 2.45) is 5.41 Å². The summed E-state index contributed by atoms with van der Waals surface area (Å²) in [7, 11) is 0. The number of aliphatic carboxylic acids is 1. The third-order valence-electron chi connectivity index (χ3n) is 5.85. The highest BCUT2D eigenvalue weighted by Gasteiger charge is 2.62. The molecule has 0 saturated carbocycles. The van der Waals surface area contributed by atoms with Gasteiger partial charge in [0.05, 0.1) is 5.69 Å². The molecular weight excluding hydrogens is 519 g/mol. The molecule has 1 N–H and O–H groups in total. The maximum atomic E-state index is 13.1. The van der Waals surface area contributed by atoms with Gasteiger partial charge in [0.25, 0.3) is 11.8 Å². The highest BCUT2D eigenvalue weighted by molar-refractivity contribution is 8.00. The summed E-state index contributed by atoms with van der Waals surface area (Å²) >= 11 is 2.19. The topological polar surface area (TPSA) is 132 Å². The average Bonchev–Trinajstić information content (AvgIpc) is 3.49. The summed E-state index contributed by atoms with van der Waals surface area (Å²) in [6.07, 6.45) is 0.688. The van der Waals surface area contributed by atoms with Gasteiger partial charge in [-0.05, 0) is 24.8 Å². The minimum atomic E-state index is -1.79. The van der Waals surface area contributed by atoms with Gasteiger partial charge in [0, 0.05) is 37.6 Å². The van der Waals surface area contributed by atoms with E-state index in [2.05, 4.69) is 10.3 Å². The zero-order valence-corrected chi connectivity index (χ0v) is 22.1. The standard InChI is InChI=1S/C20H25N5O5S4/c1-4-13-17(24(5-2)22-21-13)32-10-20(19(28)29)9-23-16(27)15(18(23)33-11-20)25(12(3)26)34(30)14-7-6-8-31-14/h6-8,15,18H,4-5,9-11H2,1-3H3,(H,28,29)/t15?,18-,20?,34?/m1/s1. The minimum absolute atomic E-state index is 0.0366. The lowest BCUT2D eigenvalue weighted by Gasteiger charge is -2.54. The van der Waals surface area contributed by atoms with Crippen molar-refractivity contribution < 1.29 is 24.0 Å². The van der Waals surface area contributed by atoms with Crippen molar-refractivity contribution in [2.75, 3.05) is 18.1 Å². The van der Waals surface area contributed by atoms with Gasteiger partial charge in [0.1, 0.15) is 27.2 Å². The van der Waals surface area contributed by atoms with E-state index in [4.69, 9.17) is 0 Å². The van der Waals surface area contributed by atoms with E-state index < -0.39 is 40.1 Å². The summed E-state index contributed by atoms with van der Waals surface area (Å²) in [5.41, 5.74) is -0.337. The molecule has 14 heteroatoms. The Morgan fingerprint density at radius 3 is 2.79 bits per heavy atom. The molecule has 2 aromatic rings. The summed E-state index contributed by atoms with van der Waals surface area (Å²) in [4.78, 5) is 39.4. The number of hydrogen-bond acceptors (Lipinski definition) is 9. The Morgan fingerprint density at radius 1 is 1.44 bits per heavy atom. The molecule has 0 radical (unpaired) electrons. The summed E-state index contributed by atoms with van der Waals surface area (Å²) in [6.45, 7) is 5.88. The number of carboxylic acid groups (broad SMARTS) is 1. The van der Waals surface area contributed by atoms with Crippen LogP contribution in [0.25, 0.3) is 0 Å². The van der Waals surface area contributed by atoms with Gasteiger partial charge in [0.2, 0.25) is 4.21 Å². The molecule has 0 spiro atoms. The van der Waals surface area contributed by atoms with Crippen molar-refractivity contribution in [3.8, 4) is 0 Å². The van der Waals surface area contributed by atoms with Crippen LogP contribution in [-0.2, 0) is 38.7 Å². The number of β-lactam (4-membered cyclic amide) rings is 1. The van der Waals surface area contributed by atoms with E-state index in [1.165, 1.54) is 46.7 Å². The second-order valence-electron chi connectivity index (χ2n) is 8.02. The first-order valence-electron chi connectivity index (χ1n) is 10.7. The lowest BCUT2D eigenvalue weighted by atomic mass is 9.89. The van der Waals surface area contributed by atoms with Crippen LogP contribution in [0.3, 0.4) is 0 Å². The van der Waals surface area contributed by atoms with Crippen molar-refractivity contribution in [3.63, 3.8) is 0 Å². The number of thiophene rings is 1. The molecule has 2 aliphatic heterocycles. The molecule has 4 rings (SSSR count). The normalized spacial score (nSPS) is 24.9. The van der Waals surface area contributed by atoms with E-state index in [1.54, 1.807) is 22.2 Å². The van der Waals surface area contributed by atoms with Crippen LogP contribution in [0.4, 0.5) is 0 Å². The van der Waals surface area contributed by atoms with E-state index in [1.807, 2.05) is 13.8 Å². The number of carbonyl (C=O) groups excluding carboxylic acids is 2. The first-order valence-corrected chi connectivity index (χ1v) is 14.7. The molecular formula is C20H25N5O5S4. The van der Waals surface area contributed by atoms with E-state index >= 15 is 0 Å². The first-order chi connectivity index (χ1) is 16.2. The van der Waals surface area contributed by atoms with Crippen molar-refractivity contribution in [3.05, 3.63) is 23.2 Å². The Kier molecular flexibility index (Phi) is 7.53. The van der Waals surface area contributed by atoms with Gasteiger partial charge in [-0.2, -0.15) is 0 Å². The molecule has 10 nitrogen and oxygen atoms in total. The van der Waals surface area contributed by atoms with Crippen molar-refractivity contribution in [2.45, 2.75) is 54.4 Å². The zero-order chi connectivity index (χ0) is 24.6. The average molecular weight is 544 g/mol. The minimum Gasteiger partial charge on any atom is -0.587 e. The maximum Gasteiger partial charge on any atom is 0.313 e. The third kappa shape index (κ3) is 4.34. The number of fused-ring (bicyclic) bond motifs is 1. The number of carbonyl (C=O) groups is 3. The summed E-state index contributed by atoms with van der Waals surface area (Å²) in [5, 5.41) is 20.6. The molecule has 184 valence electrons. The number of rotatable bonds is 9. The molecule has 3 unspecified atom stereocenters. The second kappa shape index (κ2) is 10.1. The monoisotopic (exact) mass is 543 g/mol. The Labute approximate surface area is 212 Å². The fourth-order valence-electron chi connectivity index (χ4n) is 3.97. The van der Waals surface area contributed by atoms with Gasteiger partial charge >= 0.3 is 5.97 Å². The molecule has 2 aromatic heterocycles. The van der Waals surface area contributed by atoms with Crippen LogP contribution in [0.2, 0.25) is 0 Å². The number of nitrogens with zero attached hydrogens (tertiary/aromatic N) is 5. The Balaban J connectivity index is 1.51. The lowest BCUT2D eigenvalue weighted by Crippen LogP contribution is -2.74. The fraction of sp³-hybridized carbons (Fsp3) is 0.550. The first kappa shape index (κ1) is 25.4. The van der Waals surface area contributed by atoms with Gasteiger partial charge in [-0.1, -0.05) is 23.5 Å². The van der Waals surface area contributed by atoms with Crippen molar-refractivity contribution in [1.29, 1.82) is 0 Å². The van der Waals surface area contributed by atoms with Gasteiger partial charge in [-0.3, -0.25) is 14.4 Å². The number of carboxylic acids is 1.